The zero-order chi connectivity index (χ0) is 16.9. The van der Waals surface area contributed by atoms with Crippen LogP contribution in [0.1, 0.15) is 19.8 Å². The number of aromatic nitrogens is 2. The van der Waals surface area contributed by atoms with E-state index in [1.807, 2.05) is 36.6 Å². The number of hydrogen-bond donors (Lipinski definition) is 1. The molecule has 0 unspecified atom stereocenters. The molecular formula is C18H23ClN4S. The second kappa shape index (κ2) is 8.19. The normalized spacial score (nSPS) is 18.0. The maximum atomic E-state index is 6.48. The van der Waals surface area contributed by atoms with Crippen molar-refractivity contribution in [3.05, 3.63) is 35.5 Å². The van der Waals surface area contributed by atoms with Crippen LogP contribution in [0.15, 0.2) is 35.5 Å². The van der Waals surface area contributed by atoms with Crippen LogP contribution in [0.2, 0.25) is 5.15 Å². The molecule has 1 aromatic heterocycles. The zero-order valence-corrected chi connectivity index (χ0v) is 15.7. The second-order valence-corrected chi connectivity index (χ2v) is 7.03. The molecule has 0 saturated carbocycles. The molecule has 128 valence electrons. The van der Waals surface area contributed by atoms with E-state index in [0.29, 0.717) is 16.4 Å². The van der Waals surface area contributed by atoms with E-state index >= 15 is 0 Å². The number of benzene rings is 1. The molecule has 1 atom stereocenters. The lowest BCUT2D eigenvalue weighted by Gasteiger charge is -2.24. The maximum absolute atomic E-state index is 6.48. The van der Waals surface area contributed by atoms with Gasteiger partial charge in [0.1, 0.15) is 11.0 Å². The standard InChI is InChI=1S/C18H23ClN4S/c1-3-23-11-7-10-14(23)12-20-17-15(13-8-5-4-6-9-13)16(19)21-18(22-17)24-2/h4-6,8-9,14H,3,7,10-12H2,1-2H3,(H,20,21,22)/t14-/m0/s1. The van der Waals surface area contributed by atoms with Crippen LogP contribution >= 0.6 is 23.4 Å². The predicted octanol–water partition coefficient (Wildman–Crippen LogP) is 4.42. The molecule has 0 bridgehead atoms. The van der Waals surface area contributed by atoms with Crippen LogP contribution in [0, 0.1) is 0 Å². The molecule has 1 aliphatic heterocycles. The number of thioether (sulfide) groups is 1. The molecule has 6 heteroatoms. The molecule has 4 nitrogen and oxygen atoms in total. The van der Waals surface area contributed by atoms with E-state index in [2.05, 4.69) is 27.1 Å². The molecule has 1 aromatic carbocycles. The van der Waals surface area contributed by atoms with E-state index < -0.39 is 0 Å². The lowest BCUT2D eigenvalue weighted by Crippen LogP contribution is -2.34. The highest BCUT2D eigenvalue weighted by molar-refractivity contribution is 7.98. The van der Waals surface area contributed by atoms with Crippen LogP contribution in [0.4, 0.5) is 5.82 Å². The van der Waals surface area contributed by atoms with Crippen LogP contribution in [-0.4, -0.2) is 46.8 Å². The van der Waals surface area contributed by atoms with Crippen molar-refractivity contribution < 1.29 is 0 Å². The van der Waals surface area contributed by atoms with Gasteiger partial charge >= 0.3 is 0 Å². The molecule has 0 radical (unpaired) electrons. The monoisotopic (exact) mass is 362 g/mol. The summed E-state index contributed by atoms with van der Waals surface area (Å²) in [4.78, 5) is 11.6. The minimum atomic E-state index is 0.502. The summed E-state index contributed by atoms with van der Waals surface area (Å²) in [6.45, 7) is 5.39. The fourth-order valence-electron chi connectivity index (χ4n) is 3.25. The van der Waals surface area contributed by atoms with Crippen LogP contribution in [-0.2, 0) is 0 Å². The van der Waals surface area contributed by atoms with Gasteiger partial charge in [-0.3, -0.25) is 4.90 Å². The van der Waals surface area contributed by atoms with Crippen molar-refractivity contribution >= 4 is 29.2 Å². The van der Waals surface area contributed by atoms with Gasteiger partial charge in [-0.15, -0.1) is 0 Å². The minimum Gasteiger partial charge on any atom is -0.368 e. The quantitative estimate of drug-likeness (QED) is 0.468. The van der Waals surface area contributed by atoms with E-state index in [0.717, 1.165) is 30.0 Å². The summed E-state index contributed by atoms with van der Waals surface area (Å²) in [5.41, 5.74) is 1.92. The van der Waals surface area contributed by atoms with Crippen molar-refractivity contribution in [2.45, 2.75) is 31.0 Å². The SMILES string of the molecule is CCN1CCC[C@H]1CNc1nc(SC)nc(Cl)c1-c1ccccc1. The number of anilines is 1. The average molecular weight is 363 g/mol. The van der Waals surface area contributed by atoms with Crippen molar-refractivity contribution in [2.75, 3.05) is 31.2 Å². The summed E-state index contributed by atoms with van der Waals surface area (Å²) < 4.78 is 0. The average Bonchev–Trinajstić information content (AvgIpc) is 3.07. The Morgan fingerprint density at radius 2 is 2.08 bits per heavy atom. The molecule has 1 saturated heterocycles. The van der Waals surface area contributed by atoms with Gasteiger partial charge in [0.2, 0.25) is 0 Å². The first-order valence-electron chi connectivity index (χ1n) is 8.37. The number of likely N-dealkylation sites (N-methyl/N-ethyl adjacent to an activating group) is 1. The number of nitrogens with one attached hydrogen (secondary N) is 1. The van der Waals surface area contributed by atoms with Gasteiger partial charge < -0.3 is 5.32 Å². The molecule has 24 heavy (non-hydrogen) atoms. The Labute approximate surface area is 153 Å². The molecule has 2 heterocycles. The van der Waals surface area contributed by atoms with Gasteiger partial charge in [0, 0.05) is 12.6 Å². The molecule has 0 spiro atoms. The van der Waals surface area contributed by atoms with E-state index in [9.17, 15) is 0 Å². The predicted molar refractivity (Wildman–Crippen MR) is 103 cm³/mol. The molecule has 1 fully saturated rings. The highest BCUT2D eigenvalue weighted by atomic mass is 35.5. The van der Waals surface area contributed by atoms with Gasteiger partial charge in [-0.2, -0.15) is 0 Å². The van der Waals surface area contributed by atoms with E-state index in [4.69, 9.17) is 11.6 Å². The second-order valence-electron chi connectivity index (χ2n) is 5.90. The van der Waals surface area contributed by atoms with Crippen molar-refractivity contribution in [3.8, 4) is 11.1 Å². The van der Waals surface area contributed by atoms with Crippen molar-refractivity contribution in [1.29, 1.82) is 0 Å². The molecule has 1 aliphatic rings. The summed E-state index contributed by atoms with van der Waals surface area (Å²) in [7, 11) is 0. The Bertz CT molecular complexity index is 680. The van der Waals surface area contributed by atoms with Crippen LogP contribution in [0.25, 0.3) is 11.1 Å². The van der Waals surface area contributed by atoms with Gasteiger partial charge in [-0.05, 0) is 37.8 Å². The van der Waals surface area contributed by atoms with Crippen LogP contribution in [0.5, 0.6) is 0 Å². The third-order valence-corrected chi connectivity index (χ3v) is 5.32. The molecule has 3 rings (SSSR count). The Balaban J connectivity index is 1.89. The fourth-order valence-corrected chi connectivity index (χ4v) is 3.95. The molecule has 1 N–H and O–H groups in total. The van der Waals surface area contributed by atoms with E-state index in [1.165, 1.54) is 31.1 Å². The Hall–Kier alpha value is -1.30. The maximum Gasteiger partial charge on any atom is 0.190 e. The topological polar surface area (TPSA) is 41.0 Å². The van der Waals surface area contributed by atoms with E-state index in [-0.39, 0.29) is 0 Å². The van der Waals surface area contributed by atoms with Crippen LogP contribution < -0.4 is 5.32 Å². The highest BCUT2D eigenvalue weighted by Gasteiger charge is 2.23. The lowest BCUT2D eigenvalue weighted by atomic mass is 10.1. The van der Waals surface area contributed by atoms with E-state index in [1.54, 1.807) is 0 Å². The number of hydrogen-bond acceptors (Lipinski definition) is 5. The van der Waals surface area contributed by atoms with Crippen molar-refractivity contribution in [3.63, 3.8) is 0 Å². The summed E-state index contributed by atoms with van der Waals surface area (Å²) in [6.07, 6.45) is 4.47. The summed E-state index contributed by atoms with van der Waals surface area (Å²) in [5, 5.41) is 4.74. The first-order valence-corrected chi connectivity index (χ1v) is 9.98. The van der Waals surface area contributed by atoms with Gasteiger partial charge in [0.25, 0.3) is 0 Å². The van der Waals surface area contributed by atoms with Crippen molar-refractivity contribution in [2.24, 2.45) is 0 Å². The first kappa shape index (κ1) is 17.5. The minimum absolute atomic E-state index is 0.502. The summed E-state index contributed by atoms with van der Waals surface area (Å²) in [5.74, 6) is 0.827. The smallest absolute Gasteiger partial charge is 0.190 e. The van der Waals surface area contributed by atoms with Gasteiger partial charge in [0.15, 0.2) is 5.16 Å². The molecule has 0 amide bonds. The fraction of sp³-hybridized carbons (Fsp3) is 0.444. The Kier molecular flexibility index (Phi) is 5.98. The number of halogens is 1. The van der Waals surface area contributed by atoms with Crippen molar-refractivity contribution in [1.82, 2.24) is 14.9 Å². The largest absolute Gasteiger partial charge is 0.368 e. The summed E-state index contributed by atoms with van der Waals surface area (Å²) in [6, 6.07) is 10.7. The van der Waals surface area contributed by atoms with Gasteiger partial charge in [-0.1, -0.05) is 60.6 Å². The Morgan fingerprint density at radius 1 is 1.29 bits per heavy atom. The highest BCUT2D eigenvalue weighted by Crippen LogP contribution is 2.34. The first-order chi connectivity index (χ1) is 11.7. The number of rotatable bonds is 6. The zero-order valence-electron chi connectivity index (χ0n) is 14.1. The van der Waals surface area contributed by atoms with Gasteiger partial charge in [-0.25, -0.2) is 9.97 Å². The number of likely N-dealkylation sites (tertiary alicyclic amines) is 1. The molecular weight excluding hydrogens is 340 g/mol. The Morgan fingerprint density at radius 3 is 2.79 bits per heavy atom. The van der Waals surface area contributed by atoms with Gasteiger partial charge in [0.05, 0.1) is 5.56 Å². The molecule has 0 aliphatic carbocycles. The van der Waals surface area contributed by atoms with Crippen LogP contribution in [0.3, 0.4) is 0 Å². The summed E-state index contributed by atoms with van der Waals surface area (Å²) >= 11 is 7.99. The third-order valence-electron chi connectivity index (χ3n) is 4.50. The third kappa shape index (κ3) is 3.85. The molecule has 2 aromatic rings. The number of nitrogens with zero attached hydrogens (tertiary/aromatic N) is 3. The lowest BCUT2D eigenvalue weighted by molar-refractivity contribution is 0.277.